The first-order valence-corrected chi connectivity index (χ1v) is 6.45. The molecule has 0 spiro atoms. The van der Waals surface area contributed by atoms with Gasteiger partial charge >= 0.3 is 5.97 Å². The second-order valence-corrected chi connectivity index (χ2v) is 4.80. The number of rotatable bonds is 4. The fraction of sp³-hybridized carbons (Fsp3) is 0.333. The highest BCUT2D eigenvalue weighted by atomic mass is 19.1. The predicted octanol–water partition coefficient (Wildman–Crippen LogP) is 1.94. The lowest BCUT2D eigenvalue weighted by atomic mass is 9.96. The van der Waals surface area contributed by atoms with E-state index in [2.05, 4.69) is 16.6 Å². The number of amides is 1. The molecule has 0 bridgehead atoms. The summed E-state index contributed by atoms with van der Waals surface area (Å²) in [5.74, 6) is -1.70. The van der Waals surface area contributed by atoms with Crippen LogP contribution in [0.25, 0.3) is 0 Å². The SMILES string of the molecule is C=C(F)C(=O)NC[C@@H]1Oc2ccc(C(=O)OC)cc2[C@@H]1C. The van der Waals surface area contributed by atoms with Crippen LogP contribution in [0.5, 0.6) is 5.75 Å². The van der Waals surface area contributed by atoms with Gasteiger partial charge in [0.2, 0.25) is 0 Å². The topological polar surface area (TPSA) is 64.6 Å². The smallest absolute Gasteiger partial charge is 0.337 e. The first-order valence-electron chi connectivity index (χ1n) is 6.45. The Kier molecular flexibility index (Phi) is 4.26. The van der Waals surface area contributed by atoms with E-state index in [9.17, 15) is 14.0 Å². The lowest BCUT2D eigenvalue weighted by molar-refractivity contribution is -0.119. The molecule has 2 rings (SSSR count). The standard InChI is InChI=1S/C15H16FNO4/c1-8-11-6-10(15(19)20-3)4-5-12(11)21-13(8)7-17-14(18)9(2)16/h4-6,8,13H,2,7H2,1,3H3,(H,17,18)/t8-,13-/m0/s1. The van der Waals surface area contributed by atoms with Crippen molar-refractivity contribution in [2.45, 2.75) is 18.9 Å². The quantitative estimate of drug-likeness (QED) is 0.680. The molecular weight excluding hydrogens is 277 g/mol. The second kappa shape index (κ2) is 5.95. The van der Waals surface area contributed by atoms with Crippen LogP contribution in [0, 0.1) is 0 Å². The van der Waals surface area contributed by atoms with Crippen LogP contribution in [0.4, 0.5) is 4.39 Å². The highest BCUT2D eigenvalue weighted by Crippen LogP contribution is 2.38. The van der Waals surface area contributed by atoms with Gasteiger partial charge in [0.15, 0.2) is 5.83 Å². The number of benzene rings is 1. The van der Waals surface area contributed by atoms with Gasteiger partial charge in [0.05, 0.1) is 19.2 Å². The van der Waals surface area contributed by atoms with Crippen LogP contribution in [0.2, 0.25) is 0 Å². The number of ether oxygens (including phenoxy) is 2. The van der Waals surface area contributed by atoms with Gasteiger partial charge in [-0.1, -0.05) is 13.5 Å². The summed E-state index contributed by atoms with van der Waals surface area (Å²) >= 11 is 0. The number of fused-ring (bicyclic) bond motifs is 1. The Morgan fingerprint density at radius 2 is 2.19 bits per heavy atom. The third-order valence-corrected chi connectivity index (χ3v) is 3.47. The van der Waals surface area contributed by atoms with Crippen LogP contribution in [0.1, 0.15) is 28.8 Å². The van der Waals surface area contributed by atoms with E-state index in [0.29, 0.717) is 11.3 Å². The van der Waals surface area contributed by atoms with Crippen molar-refractivity contribution in [2.75, 3.05) is 13.7 Å². The van der Waals surface area contributed by atoms with Crippen molar-refractivity contribution < 1.29 is 23.5 Å². The van der Waals surface area contributed by atoms with Gasteiger partial charge in [-0.15, -0.1) is 0 Å². The lowest BCUT2D eigenvalue weighted by Crippen LogP contribution is -2.35. The van der Waals surface area contributed by atoms with Crippen molar-refractivity contribution in [3.63, 3.8) is 0 Å². The van der Waals surface area contributed by atoms with Crippen LogP contribution in [-0.2, 0) is 9.53 Å². The maximum atomic E-state index is 12.6. The second-order valence-electron chi connectivity index (χ2n) is 4.80. The minimum atomic E-state index is -1.04. The number of methoxy groups -OCH3 is 1. The van der Waals surface area contributed by atoms with Crippen LogP contribution in [-0.4, -0.2) is 31.6 Å². The van der Waals surface area contributed by atoms with E-state index < -0.39 is 17.7 Å². The average molecular weight is 293 g/mol. The van der Waals surface area contributed by atoms with E-state index in [1.807, 2.05) is 6.92 Å². The molecule has 1 aliphatic heterocycles. The van der Waals surface area contributed by atoms with Gasteiger partial charge in [0.1, 0.15) is 11.9 Å². The fourth-order valence-electron chi connectivity index (χ4n) is 2.23. The zero-order valence-corrected chi connectivity index (χ0v) is 11.8. The molecule has 6 heteroatoms. The molecule has 2 atom stereocenters. The molecule has 1 amide bonds. The predicted molar refractivity (Wildman–Crippen MR) is 73.9 cm³/mol. The van der Waals surface area contributed by atoms with Gasteiger partial charge in [-0.3, -0.25) is 4.79 Å². The van der Waals surface area contributed by atoms with Gasteiger partial charge in [-0.25, -0.2) is 9.18 Å². The van der Waals surface area contributed by atoms with E-state index in [-0.39, 0.29) is 18.6 Å². The van der Waals surface area contributed by atoms with Crippen molar-refractivity contribution in [3.05, 3.63) is 41.7 Å². The molecule has 112 valence electrons. The Balaban J connectivity index is 2.09. The van der Waals surface area contributed by atoms with Gasteiger partial charge < -0.3 is 14.8 Å². The largest absolute Gasteiger partial charge is 0.488 e. The number of halogens is 1. The Bertz CT molecular complexity index is 599. The summed E-state index contributed by atoms with van der Waals surface area (Å²) in [5.41, 5.74) is 1.30. The minimum Gasteiger partial charge on any atom is -0.488 e. The Morgan fingerprint density at radius 3 is 2.81 bits per heavy atom. The number of carbonyl (C=O) groups excluding carboxylic acids is 2. The molecule has 1 N–H and O–H groups in total. The third kappa shape index (κ3) is 3.04. The van der Waals surface area contributed by atoms with Crippen LogP contribution < -0.4 is 10.1 Å². The summed E-state index contributed by atoms with van der Waals surface area (Å²) in [6, 6.07) is 5.01. The molecule has 0 saturated heterocycles. The Morgan fingerprint density at radius 1 is 1.48 bits per heavy atom. The van der Waals surface area contributed by atoms with E-state index in [1.165, 1.54) is 7.11 Å². The summed E-state index contributed by atoms with van der Waals surface area (Å²) in [7, 11) is 1.32. The molecular formula is C15H16FNO4. The van der Waals surface area contributed by atoms with Gasteiger partial charge in [-0.2, -0.15) is 0 Å². The minimum absolute atomic E-state index is 0.0437. The third-order valence-electron chi connectivity index (χ3n) is 3.47. The summed E-state index contributed by atoms with van der Waals surface area (Å²) < 4.78 is 23.0. The first-order chi connectivity index (χ1) is 9.93. The first kappa shape index (κ1) is 15.0. The lowest BCUT2D eigenvalue weighted by Gasteiger charge is -2.15. The van der Waals surface area contributed by atoms with Crippen molar-refractivity contribution in [1.82, 2.24) is 5.32 Å². The fourth-order valence-corrected chi connectivity index (χ4v) is 2.23. The maximum absolute atomic E-state index is 12.6. The van der Waals surface area contributed by atoms with Crippen LogP contribution in [0.15, 0.2) is 30.6 Å². The molecule has 1 aliphatic rings. The zero-order chi connectivity index (χ0) is 15.6. The monoisotopic (exact) mass is 293 g/mol. The number of hydrogen-bond donors (Lipinski definition) is 1. The summed E-state index contributed by atoms with van der Waals surface area (Å²) in [6.07, 6.45) is -0.323. The highest BCUT2D eigenvalue weighted by Gasteiger charge is 2.32. The molecule has 1 heterocycles. The number of esters is 1. The molecule has 1 aromatic carbocycles. The summed E-state index contributed by atoms with van der Waals surface area (Å²) in [5, 5.41) is 2.41. The molecule has 5 nitrogen and oxygen atoms in total. The van der Waals surface area contributed by atoms with E-state index in [1.54, 1.807) is 18.2 Å². The number of hydrogen-bond acceptors (Lipinski definition) is 4. The molecule has 0 aromatic heterocycles. The molecule has 0 fully saturated rings. The molecule has 1 aromatic rings. The van der Waals surface area contributed by atoms with Crippen LogP contribution in [0.3, 0.4) is 0 Å². The van der Waals surface area contributed by atoms with Gasteiger partial charge in [0, 0.05) is 11.5 Å². The van der Waals surface area contributed by atoms with Crippen LogP contribution >= 0.6 is 0 Å². The van der Waals surface area contributed by atoms with Crippen molar-refractivity contribution >= 4 is 11.9 Å². The molecule has 0 unspecified atom stereocenters. The van der Waals surface area contributed by atoms with Crippen molar-refractivity contribution in [3.8, 4) is 5.75 Å². The van der Waals surface area contributed by atoms with E-state index in [4.69, 9.17) is 4.74 Å². The normalized spacial score (nSPS) is 19.4. The van der Waals surface area contributed by atoms with Crippen molar-refractivity contribution in [2.24, 2.45) is 0 Å². The van der Waals surface area contributed by atoms with E-state index in [0.717, 1.165) is 5.56 Å². The molecule has 0 radical (unpaired) electrons. The van der Waals surface area contributed by atoms with E-state index >= 15 is 0 Å². The number of nitrogens with one attached hydrogen (secondary N) is 1. The zero-order valence-electron chi connectivity index (χ0n) is 11.8. The van der Waals surface area contributed by atoms with Crippen molar-refractivity contribution in [1.29, 1.82) is 0 Å². The maximum Gasteiger partial charge on any atom is 0.337 e. The average Bonchev–Trinajstić information content (AvgIpc) is 2.79. The molecule has 0 aliphatic carbocycles. The number of carbonyl (C=O) groups is 2. The summed E-state index contributed by atoms with van der Waals surface area (Å²) in [6.45, 7) is 5.00. The summed E-state index contributed by atoms with van der Waals surface area (Å²) in [4.78, 5) is 22.7. The Labute approximate surface area is 121 Å². The van der Waals surface area contributed by atoms with Gasteiger partial charge in [-0.05, 0) is 18.2 Å². The Hall–Kier alpha value is -2.37. The van der Waals surface area contributed by atoms with Gasteiger partial charge in [0.25, 0.3) is 5.91 Å². The molecule has 0 saturated carbocycles. The molecule has 21 heavy (non-hydrogen) atoms. The highest BCUT2D eigenvalue weighted by molar-refractivity contribution is 5.90.